The number of carbonyl (C=O) groups is 1. The molecular weight excluding hydrogens is 404 g/mol. The molecule has 0 aromatic heterocycles. The minimum Gasteiger partial charge on any atom is -0.325 e. The van der Waals surface area contributed by atoms with Crippen LogP contribution in [0, 0.1) is 0 Å². The quantitative estimate of drug-likeness (QED) is 0.762. The maximum absolute atomic E-state index is 12.3. The molecule has 0 saturated carbocycles. The van der Waals surface area contributed by atoms with Gasteiger partial charge >= 0.3 is 0 Å². The first kappa shape index (κ1) is 19.5. The van der Waals surface area contributed by atoms with Crippen molar-refractivity contribution in [1.29, 1.82) is 0 Å². The second-order valence-corrected chi connectivity index (χ2v) is 8.90. The SMILES string of the molecule is CC(C)c1ccc(NC(=O)CN(c2cccc(Br)c2)S(C)(=O)=O)cc1. The molecule has 1 N–H and O–H groups in total. The molecule has 0 heterocycles. The molecule has 0 aliphatic heterocycles. The summed E-state index contributed by atoms with van der Waals surface area (Å²) in [6.07, 6.45) is 1.08. The predicted octanol–water partition coefficient (Wildman–Crippen LogP) is 3.98. The Morgan fingerprint density at radius 1 is 1.16 bits per heavy atom. The van der Waals surface area contributed by atoms with Gasteiger partial charge in [-0.05, 0) is 41.8 Å². The van der Waals surface area contributed by atoms with E-state index in [9.17, 15) is 13.2 Å². The molecule has 0 radical (unpaired) electrons. The highest BCUT2D eigenvalue weighted by Gasteiger charge is 2.21. The molecule has 5 nitrogen and oxygen atoms in total. The molecule has 0 atom stereocenters. The number of nitrogens with zero attached hydrogens (tertiary/aromatic N) is 1. The summed E-state index contributed by atoms with van der Waals surface area (Å²) in [5.41, 5.74) is 2.24. The Hall–Kier alpha value is -1.86. The van der Waals surface area contributed by atoms with Crippen LogP contribution >= 0.6 is 15.9 Å². The summed E-state index contributed by atoms with van der Waals surface area (Å²) >= 11 is 3.31. The molecule has 7 heteroatoms. The molecular formula is C18H21BrN2O3S. The zero-order chi connectivity index (χ0) is 18.6. The normalized spacial score (nSPS) is 11.4. The second kappa shape index (κ2) is 8.01. The van der Waals surface area contributed by atoms with E-state index in [0.29, 0.717) is 17.3 Å². The average molecular weight is 425 g/mol. The molecule has 0 fully saturated rings. The number of sulfonamides is 1. The summed E-state index contributed by atoms with van der Waals surface area (Å²) in [5, 5.41) is 2.74. The predicted molar refractivity (Wildman–Crippen MR) is 105 cm³/mol. The number of carbonyl (C=O) groups excluding carboxylic acids is 1. The lowest BCUT2D eigenvalue weighted by Gasteiger charge is -2.22. The van der Waals surface area contributed by atoms with Crippen molar-refractivity contribution in [2.45, 2.75) is 19.8 Å². The maximum Gasteiger partial charge on any atom is 0.245 e. The van der Waals surface area contributed by atoms with Crippen LogP contribution < -0.4 is 9.62 Å². The third-order valence-corrected chi connectivity index (χ3v) is 5.28. The summed E-state index contributed by atoms with van der Waals surface area (Å²) in [7, 11) is -3.59. The van der Waals surface area contributed by atoms with Crippen LogP contribution in [0.1, 0.15) is 25.3 Å². The summed E-state index contributed by atoms with van der Waals surface area (Å²) < 4.78 is 26.0. The van der Waals surface area contributed by atoms with E-state index < -0.39 is 15.9 Å². The topological polar surface area (TPSA) is 66.5 Å². The number of anilines is 2. The number of benzene rings is 2. The fraction of sp³-hybridized carbons (Fsp3) is 0.278. The third-order valence-electron chi connectivity index (χ3n) is 3.64. The van der Waals surface area contributed by atoms with Crippen molar-refractivity contribution in [3.05, 3.63) is 58.6 Å². The second-order valence-electron chi connectivity index (χ2n) is 6.07. The smallest absolute Gasteiger partial charge is 0.245 e. The molecule has 2 aromatic carbocycles. The molecule has 0 bridgehead atoms. The van der Waals surface area contributed by atoms with E-state index in [4.69, 9.17) is 0 Å². The molecule has 1 amide bonds. The molecule has 0 spiro atoms. The van der Waals surface area contributed by atoms with Crippen molar-refractivity contribution in [3.63, 3.8) is 0 Å². The first-order valence-corrected chi connectivity index (χ1v) is 10.4. The summed E-state index contributed by atoms with van der Waals surface area (Å²) in [5.74, 6) is 0.00435. The fourth-order valence-corrected chi connectivity index (χ4v) is 3.55. The summed E-state index contributed by atoms with van der Waals surface area (Å²) in [4.78, 5) is 12.3. The van der Waals surface area contributed by atoms with Crippen molar-refractivity contribution in [3.8, 4) is 0 Å². The van der Waals surface area contributed by atoms with Crippen LogP contribution in [-0.2, 0) is 14.8 Å². The largest absolute Gasteiger partial charge is 0.325 e. The van der Waals surface area contributed by atoms with Crippen LogP contribution in [0.3, 0.4) is 0 Å². The number of hydrogen-bond acceptors (Lipinski definition) is 3. The standard InChI is InChI=1S/C18H21BrN2O3S/c1-13(2)14-7-9-16(10-8-14)20-18(22)12-21(25(3,23)24)17-6-4-5-15(19)11-17/h4-11,13H,12H2,1-3H3,(H,20,22). The first-order valence-electron chi connectivity index (χ1n) is 7.80. The molecule has 0 aliphatic rings. The van der Waals surface area contributed by atoms with Crippen LogP contribution in [0.4, 0.5) is 11.4 Å². The van der Waals surface area contributed by atoms with Gasteiger partial charge in [-0.2, -0.15) is 0 Å². The van der Waals surface area contributed by atoms with Gasteiger partial charge in [-0.1, -0.05) is 48.0 Å². The third kappa shape index (κ3) is 5.57. The van der Waals surface area contributed by atoms with Gasteiger partial charge in [-0.15, -0.1) is 0 Å². The van der Waals surface area contributed by atoms with Crippen LogP contribution in [0.2, 0.25) is 0 Å². The molecule has 2 rings (SSSR count). The summed E-state index contributed by atoms with van der Waals surface area (Å²) in [6, 6.07) is 14.4. The Bertz CT molecular complexity index is 849. The number of amides is 1. The Balaban J connectivity index is 2.15. The van der Waals surface area contributed by atoms with Gasteiger partial charge in [-0.25, -0.2) is 8.42 Å². The first-order chi connectivity index (χ1) is 11.7. The van der Waals surface area contributed by atoms with Gasteiger partial charge in [0.25, 0.3) is 0 Å². The fourth-order valence-electron chi connectivity index (χ4n) is 2.31. The Morgan fingerprint density at radius 2 is 1.80 bits per heavy atom. The molecule has 0 saturated heterocycles. The van der Waals surface area contributed by atoms with Crippen LogP contribution in [0.25, 0.3) is 0 Å². The van der Waals surface area contributed by atoms with Crippen LogP contribution in [0.5, 0.6) is 0 Å². The lowest BCUT2D eigenvalue weighted by molar-refractivity contribution is -0.114. The van der Waals surface area contributed by atoms with Gasteiger partial charge in [0, 0.05) is 10.2 Å². The minimum absolute atomic E-state index is 0.290. The number of halogens is 1. The van der Waals surface area contributed by atoms with E-state index in [0.717, 1.165) is 15.0 Å². The minimum atomic E-state index is -3.59. The Kier molecular flexibility index (Phi) is 6.24. The monoisotopic (exact) mass is 424 g/mol. The van der Waals surface area contributed by atoms with Gasteiger partial charge < -0.3 is 5.32 Å². The van der Waals surface area contributed by atoms with Crippen LogP contribution in [0.15, 0.2) is 53.0 Å². The van der Waals surface area contributed by atoms with E-state index in [1.165, 1.54) is 5.56 Å². The Morgan fingerprint density at radius 3 is 2.32 bits per heavy atom. The molecule has 134 valence electrons. The van der Waals surface area contributed by atoms with Gasteiger partial charge in [0.05, 0.1) is 11.9 Å². The van der Waals surface area contributed by atoms with E-state index in [-0.39, 0.29) is 6.54 Å². The summed E-state index contributed by atoms with van der Waals surface area (Å²) in [6.45, 7) is 3.90. The zero-order valence-electron chi connectivity index (χ0n) is 14.4. The maximum atomic E-state index is 12.3. The lowest BCUT2D eigenvalue weighted by atomic mass is 10.0. The van der Waals surface area contributed by atoms with E-state index in [2.05, 4.69) is 35.1 Å². The lowest BCUT2D eigenvalue weighted by Crippen LogP contribution is -2.37. The van der Waals surface area contributed by atoms with E-state index >= 15 is 0 Å². The highest BCUT2D eigenvalue weighted by molar-refractivity contribution is 9.10. The van der Waals surface area contributed by atoms with Gasteiger partial charge in [0.2, 0.25) is 15.9 Å². The van der Waals surface area contributed by atoms with Gasteiger partial charge in [-0.3, -0.25) is 9.10 Å². The highest BCUT2D eigenvalue weighted by atomic mass is 79.9. The molecule has 25 heavy (non-hydrogen) atoms. The van der Waals surface area contributed by atoms with Gasteiger partial charge in [0.1, 0.15) is 6.54 Å². The molecule has 0 unspecified atom stereocenters. The Labute approximate surface area is 157 Å². The van der Waals surface area contributed by atoms with Crippen molar-refractivity contribution in [1.82, 2.24) is 0 Å². The average Bonchev–Trinajstić information content (AvgIpc) is 2.52. The number of rotatable bonds is 6. The number of hydrogen-bond donors (Lipinski definition) is 1. The van der Waals surface area contributed by atoms with Crippen molar-refractivity contribution < 1.29 is 13.2 Å². The zero-order valence-corrected chi connectivity index (χ0v) is 16.8. The van der Waals surface area contributed by atoms with Crippen molar-refractivity contribution in [2.24, 2.45) is 0 Å². The van der Waals surface area contributed by atoms with E-state index in [1.807, 2.05) is 24.3 Å². The molecule has 2 aromatic rings. The van der Waals surface area contributed by atoms with Crippen molar-refractivity contribution in [2.75, 3.05) is 22.4 Å². The van der Waals surface area contributed by atoms with Crippen molar-refractivity contribution >= 4 is 43.2 Å². The molecule has 0 aliphatic carbocycles. The van der Waals surface area contributed by atoms with Crippen LogP contribution in [-0.4, -0.2) is 27.1 Å². The van der Waals surface area contributed by atoms with E-state index in [1.54, 1.807) is 24.3 Å². The number of nitrogens with one attached hydrogen (secondary N) is 1. The van der Waals surface area contributed by atoms with Gasteiger partial charge in [0.15, 0.2) is 0 Å². The highest BCUT2D eigenvalue weighted by Crippen LogP contribution is 2.22.